The molecule has 334 valence electrons. The van der Waals surface area contributed by atoms with E-state index in [1.807, 2.05) is 84.9 Å². The topological polar surface area (TPSA) is 173 Å². The summed E-state index contributed by atoms with van der Waals surface area (Å²) in [6.07, 6.45) is -1.55. The molecule has 0 unspecified atom stereocenters. The highest BCUT2D eigenvalue weighted by molar-refractivity contribution is 6.06. The molecule has 1 saturated heterocycles. The third kappa shape index (κ3) is 11.9. The summed E-state index contributed by atoms with van der Waals surface area (Å²) in [7, 11) is 1.49. The van der Waals surface area contributed by atoms with Crippen LogP contribution in [0.1, 0.15) is 35.2 Å². The van der Waals surface area contributed by atoms with E-state index in [0.29, 0.717) is 85.9 Å². The van der Waals surface area contributed by atoms with Gasteiger partial charge in [-0.3, -0.25) is 9.59 Å². The molecule has 1 fully saturated rings. The number of aromatic hydroxyl groups is 1. The van der Waals surface area contributed by atoms with E-state index in [0.717, 1.165) is 26.7 Å². The Labute approximate surface area is 378 Å². The van der Waals surface area contributed by atoms with Crippen molar-refractivity contribution in [1.29, 1.82) is 0 Å². The number of carbonyl (C=O) groups is 4. The number of rotatable bonds is 16. The van der Waals surface area contributed by atoms with E-state index in [9.17, 15) is 29.4 Å². The molecule has 0 bridgehead atoms. The number of hydrogen-bond acceptors (Lipinski definition) is 9. The number of nitrogens with one attached hydrogen (secondary N) is 3. The highest BCUT2D eigenvalue weighted by atomic mass is 16.6. The zero-order chi connectivity index (χ0) is 45.5. The van der Waals surface area contributed by atoms with Crippen molar-refractivity contribution >= 4 is 41.1 Å². The molecule has 65 heavy (non-hydrogen) atoms. The molecule has 0 spiro atoms. The van der Waals surface area contributed by atoms with E-state index in [4.69, 9.17) is 9.47 Å². The van der Waals surface area contributed by atoms with Crippen LogP contribution >= 0.6 is 0 Å². The molecule has 1 heterocycles. The van der Waals surface area contributed by atoms with Crippen LogP contribution in [0.3, 0.4) is 0 Å². The molecule has 14 heteroatoms. The molecule has 1 aliphatic heterocycles. The van der Waals surface area contributed by atoms with Crippen molar-refractivity contribution in [2.45, 2.75) is 31.9 Å². The number of amides is 4. The third-order valence-electron chi connectivity index (χ3n) is 11.0. The normalized spacial score (nSPS) is 12.8. The average molecular weight is 877 g/mol. The second-order valence-corrected chi connectivity index (χ2v) is 15.4. The van der Waals surface area contributed by atoms with Crippen LogP contribution in [-0.4, -0.2) is 85.1 Å². The summed E-state index contributed by atoms with van der Waals surface area (Å²) in [5, 5.41) is 31.8. The molecular formula is C51H52N6O8. The van der Waals surface area contributed by atoms with E-state index in [-0.39, 0.29) is 29.7 Å². The number of anilines is 3. The number of likely N-dealkylation sites (tertiary alicyclic amines) is 1. The number of ether oxygens (including phenoxy) is 2. The Morgan fingerprint density at radius 2 is 1.32 bits per heavy atom. The maximum Gasteiger partial charge on any atom is 0.434 e. The second kappa shape index (κ2) is 22.1. The molecule has 6 aromatic rings. The summed E-state index contributed by atoms with van der Waals surface area (Å²) in [4.78, 5) is 56.0. The van der Waals surface area contributed by atoms with Gasteiger partial charge in [0, 0.05) is 68.1 Å². The first-order valence-electron chi connectivity index (χ1n) is 21.5. The van der Waals surface area contributed by atoms with Gasteiger partial charge in [-0.05, 0) is 72.0 Å². The number of phenols is 1. The lowest BCUT2D eigenvalue weighted by Crippen LogP contribution is -2.52. The first-order chi connectivity index (χ1) is 31.7. The van der Waals surface area contributed by atoms with Crippen LogP contribution in [0, 0.1) is 0 Å². The number of carbonyl (C=O) groups excluding carboxylic acids is 3. The van der Waals surface area contributed by atoms with Gasteiger partial charge in [0.2, 0.25) is 5.91 Å². The minimum atomic E-state index is -1.37. The van der Waals surface area contributed by atoms with Gasteiger partial charge in [0.1, 0.15) is 6.10 Å². The highest BCUT2D eigenvalue weighted by Gasteiger charge is 2.36. The molecule has 1 aliphatic rings. The van der Waals surface area contributed by atoms with E-state index in [1.165, 1.54) is 7.11 Å². The Hall–Kier alpha value is -7.68. The fourth-order valence-corrected chi connectivity index (χ4v) is 7.72. The van der Waals surface area contributed by atoms with E-state index in [1.54, 1.807) is 66.7 Å². The largest absolute Gasteiger partial charge is 0.504 e. The molecular weight excluding hydrogens is 825 g/mol. The fourth-order valence-electron chi connectivity index (χ4n) is 7.72. The van der Waals surface area contributed by atoms with Crippen LogP contribution < -0.4 is 30.7 Å². The van der Waals surface area contributed by atoms with Gasteiger partial charge in [0.25, 0.3) is 5.91 Å². The van der Waals surface area contributed by atoms with Gasteiger partial charge in [0.15, 0.2) is 11.5 Å². The Balaban J connectivity index is 0.941. The summed E-state index contributed by atoms with van der Waals surface area (Å²) in [6, 6.07) is 45.0. The van der Waals surface area contributed by atoms with Crippen molar-refractivity contribution in [1.82, 2.24) is 15.5 Å². The summed E-state index contributed by atoms with van der Waals surface area (Å²) < 4.78 is 11.3. The number of methoxy groups -OCH3 is 1. The number of piperidine rings is 1. The van der Waals surface area contributed by atoms with Crippen LogP contribution in [0.2, 0.25) is 0 Å². The van der Waals surface area contributed by atoms with Gasteiger partial charge in [-0.15, -0.1) is 0 Å². The molecule has 0 aliphatic carbocycles. The molecule has 14 nitrogen and oxygen atoms in total. The first-order valence-corrected chi connectivity index (χ1v) is 21.5. The van der Waals surface area contributed by atoms with Crippen LogP contribution in [0.15, 0.2) is 152 Å². The molecule has 0 aromatic heterocycles. The maximum atomic E-state index is 14.5. The smallest absolute Gasteiger partial charge is 0.434 e. The predicted octanol–water partition coefficient (Wildman–Crippen LogP) is 8.79. The summed E-state index contributed by atoms with van der Waals surface area (Å²) >= 11 is 0. The van der Waals surface area contributed by atoms with E-state index < -0.39 is 18.3 Å². The van der Waals surface area contributed by atoms with Gasteiger partial charge >= 0.3 is 12.2 Å². The lowest BCUT2D eigenvalue weighted by molar-refractivity contribution is -0.116. The number of nitrogens with zero attached hydrogens (tertiary/aromatic N) is 3. The van der Waals surface area contributed by atoms with Crippen molar-refractivity contribution in [2.75, 3.05) is 55.2 Å². The Kier molecular flexibility index (Phi) is 15.4. The first kappa shape index (κ1) is 45.3. The lowest BCUT2D eigenvalue weighted by Gasteiger charge is -2.36. The molecule has 0 atom stereocenters. The number of hydrogen-bond donors (Lipinski definition) is 5. The minimum Gasteiger partial charge on any atom is -0.504 e. The lowest BCUT2D eigenvalue weighted by atomic mass is 10.0. The zero-order valence-corrected chi connectivity index (χ0v) is 36.1. The van der Waals surface area contributed by atoms with Gasteiger partial charge in [0.05, 0.1) is 18.5 Å². The SMILES string of the molecule is COc1cc(CNCCNC(=O)c2cccc(NC(=O)CCN3CCC(OC(=O)N(c4ccccc4-c4ccccc4)N(C(=O)O)c4ccccc4-c4ccccc4)CC3)c2)ccc1O. The second-order valence-electron chi connectivity index (χ2n) is 15.4. The molecule has 7 rings (SSSR count). The van der Waals surface area contributed by atoms with Crippen LogP contribution in [0.5, 0.6) is 11.5 Å². The molecule has 5 N–H and O–H groups in total. The minimum absolute atomic E-state index is 0.0710. The standard InChI is InChI=1S/C51H52N6O8/c1-64-47-33-36(23-24-46(47)58)35-52-28-29-53-49(60)39-17-12-18-40(34-39)54-48(59)27-32-55-30-25-41(26-31-55)65-51(63)57(45-22-11-9-20-43(45)38-15-6-3-7-16-38)56(50(61)62)44-21-10-8-19-42(44)37-13-4-2-5-14-37/h2-24,33-34,41,52,58H,25-32,35H2,1H3,(H,53,60)(H,54,59)(H,61,62). The van der Waals surface area contributed by atoms with Crippen molar-refractivity contribution in [2.24, 2.45) is 0 Å². The summed E-state index contributed by atoms with van der Waals surface area (Å²) in [5.41, 5.74) is 5.30. The number of para-hydroxylation sites is 2. The quantitative estimate of drug-likeness (QED) is 0.0467. The van der Waals surface area contributed by atoms with Gasteiger partial charge in [-0.25, -0.2) is 9.59 Å². The Bertz CT molecular complexity index is 2570. The van der Waals surface area contributed by atoms with Crippen molar-refractivity contribution in [3.05, 3.63) is 163 Å². The number of hydrazine groups is 1. The Morgan fingerprint density at radius 3 is 1.95 bits per heavy atom. The van der Waals surface area contributed by atoms with Crippen LogP contribution in [-0.2, 0) is 16.1 Å². The van der Waals surface area contributed by atoms with Crippen molar-refractivity contribution in [3.8, 4) is 33.8 Å². The van der Waals surface area contributed by atoms with Crippen LogP contribution in [0.25, 0.3) is 22.3 Å². The Morgan fingerprint density at radius 1 is 0.708 bits per heavy atom. The van der Waals surface area contributed by atoms with Crippen molar-refractivity contribution in [3.63, 3.8) is 0 Å². The van der Waals surface area contributed by atoms with Gasteiger partial charge < -0.3 is 40.5 Å². The van der Waals surface area contributed by atoms with Crippen molar-refractivity contribution < 1.29 is 38.9 Å². The zero-order valence-electron chi connectivity index (χ0n) is 36.1. The number of benzene rings is 6. The molecule has 4 amide bonds. The summed E-state index contributed by atoms with van der Waals surface area (Å²) in [6.45, 7) is 3.00. The third-order valence-corrected chi connectivity index (χ3v) is 11.0. The molecule has 0 saturated carbocycles. The highest BCUT2D eigenvalue weighted by Crippen LogP contribution is 2.38. The van der Waals surface area contributed by atoms with E-state index in [2.05, 4.69) is 20.9 Å². The number of carboxylic acid groups (broad SMARTS) is 1. The monoisotopic (exact) mass is 876 g/mol. The van der Waals surface area contributed by atoms with E-state index >= 15 is 0 Å². The van der Waals surface area contributed by atoms with Crippen LogP contribution in [0.4, 0.5) is 26.7 Å². The maximum absolute atomic E-state index is 14.5. The number of phenolic OH excluding ortho intramolecular Hbond substituents is 1. The van der Waals surface area contributed by atoms with Gasteiger partial charge in [-0.2, -0.15) is 10.0 Å². The molecule has 0 radical (unpaired) electrons. The summed E-state index contributed by atoms with van der Waals surface area (Å²) in [5.74, 6) is -0.00937. The average Bonchev–Trinajstić information content (AvgIpc) is 3.33. The predicted molar refractivity (Wildman–Crippen MR) is 251 cm³/mol. The molecule has 6 aromatic carbocycles. The fraction of sp³-hybridized carbons (Fsp3) is 0.216. The van der Waals surface area contributed by atoms with Gasteiger partial charge in [-0.1, -0.05) is 109 Å².